The number of hydrogen-bond acceptors (Lipinski definition) is 3. The van der Waals surface area contributed by atoms with Crippen LogP contribution in [-0.2, 0) is 0 Å². The highest BCUT2D eigenvalue weighted by atomic mass is 35.5. The Morgan fingerprint density at radius 2 is 1.94 bits per heavy atom. The van der Waals surface area contributed by atoms with Crippen LogP contribution >= 0.6 is 23.2 Å². The summed E-state index contributed by atoms with van der Waals surface area (Å²) in [5, 5.41) is 5.80. The van der Waals surface area contributed by atoms with Crippen molar-refractivity contribution in [3.05, 3.63) is 46.4 Å². The highest BCUT2D eigenvalue weighted by Crippen LogP contribution is 2.34. The molecule has 0 aliphatic rings. The van der Waals surface area contributed by atoms with Crippen molar-refractivity contribution in [3.8, 4) is 11.3 Å². The van der Waals surface area contributed by atoms with Crippen molar-refractivity contribution in [2.45, 2.75) is 0 Å². The lowest BCUT2D eigenvalue weighted by molar-refractivity contribution is 0.459. The molecular formula is C13H8Cl2N2O. The standard InChI is InChI=1S/C13H8Cl2N2O/c14-8-5-10-12(7-2-1-3-9(16)4-7)17-18-13(10)11(15)6-8/h1-6H,16H2. The Morgan fingerprint density at radius 3 is 2.72 bits per heavy atom. The van der Waals surface area contributed by atoms with E-state index < -0.39 is 0 Å². The number of fused-ring (bicyclic) bond motifs is 1. The summed E-state index contributed by atoms with van der Waals surface area (Å²) in [6.45, 7) is 0. The Balaban J connectivity index is 2.30. The molecule has 2 N–H and O–H groups in total. The van der Waals surface area contributed by atoms with Gasteiger partial charge in [-0.2, -0.15) is 0 Å². The van der Waals surface area contributed by atoms with Gasteiger partial charge >= 0.3 is 0 Å². The molecule has 0 bridgehead atoms. The van der Waals surface area contributed by atoms with E-state index in [1.165, 1.54) is 0 Å². The fourth-order valence-electron chi connectivity index (χ4n) is 1.86. The van der Waals surface area contributed by atoms with Crippen LogP contribution in [0.2, 0.25) is 10.0 Å². The summed E-state index contributed by atoms with van der Waals surface area (Å²) in [7, 11) is 0. The lowest BCUT2D eigenvalue weighted by Crippen LogP contribution is -1.85. The largest absolute Gasteiger partial charge is 0.399 e. The third-order valence-corrected chi connectivity index (χ3v) is 3.15. The second kappa shape index (κ2) is 4.19. The van der Waals surface area contributed by atoms with Crippen LogP contribution in [0.3, 0.4) is 0 Å². The summed E-state index contributed by atoms with van der Waals surface area (Å²) < 4.78 is 5.25. The van der Waals surface area contributed by atoms with Gasteiger partial charge < -0.3 is 10.3 Å². The Kier molecular flexibility index (Phi) is 2.65. The Morgan fingerprint density at radius 1 is 1.11 bits per heavy atom. The number of aromatic nitrogens is 1. The SMILES string of the molecule is Nc1cccc(-c2noc3c(Cl)cc(Cl)cc23)c1. The topological polar surface area (TPSA) is 52.0 Å². The quantitative estimate of drug-likeness (QED) is 0.672. The average Bonchev–Trinajstić information content (AvgIpc) is 2.72. The van der Waals surface area contributed by atoms with Crippen molar-refractivity contribution in [2.75, 3.05) is 5.73 Å². The summed E-state index contributed by atoms with van der Waals surface area (Å²) >= 11 is 12.0. The molecule has 0 radical (unpaired) electrons. The molecule has 0 saturated carbocycles. The molecule has 1 heterocycles. The van der Waals surface area contributed by atoms with Crippen molar-refractivity contribution >= 4 is 39.9 Å². The van der Waals surface area contributed by atoms with E-state index in [-0.39, 0.29) is 0 Å². The van der Waals surface area contributed by atoms with Crippen molar-refractivity contribution in [1.82, 2.24) is 5.16 Å². The highest BCUT2D eigenvalue weighted by Gasteiger charge is 2.14. The second-order valence-corrected chi connectivity index (χ2v) is 4.76. The molecule has 0 amide bonds. The highest BCUT2D eigenvalue weighted by molar-refractivity contribution is 6.38. The minimum absolute atomic E-state index is 0.445. The molecule has 0 aliphatic carbocycles. The van der Waals surface area contributed by atoms with Crippen molar-refractivity contribution in [2.24, 2.45) is 0 Å². The fourth-order valence-corrected chi connectivity index (χ4v) is 2.39. The lowest BCUT2D eigenvalue weighted by Gasteiger charge is -1.99. The van der Waals surface area contributed by atoms with E-state index in [1.54, 1.807) is 12.1 Å². The molecule has 0 atom stereocenters. The van der Waals surface area contributed by atoms with Gasteiger partial charge in [-0.25, -0.2) is 0 Å². The normalized spacial score (nSPS) is 11.0. The van der Waals surface area contributed by atoms with Crippen molar-refractivity contribution in [3.63, 3.8) is 0 Å². The summed E-state index contributed by atoms with van der Waals surface area (Å²) in [5.74, 6) is 0. The first kappa shape index (κ1) is 11.4. The minimum Gasteiger partial charge on any atom is -0.399 e. The van der Waals surface area contributed by atoms with Gasteiger partial charge in [0.15, 0.2) is 5.58 Å². The maximum absolute atomic E-state index is 6.05. The Hall–Kier alpha value is -1.71. The van der Waals surface area contributed by atoms with Crippen LogP contribution in [0.25, 0.3) is 22.2 Å². The van der Waals surface area contributed by atoms with Gasteiger partial charge in [0.1, 0.15) is 5.69 Å². The molecule has 0 fully saturated rings. The van der Waals surface area contributed by atoms with Crippen LogP contribution in [0.15, 0.2) is 40.9 Å². The molecule has 0 aliphatic heterocycles. The molecule has 0 saturated heterocycles. The predicted octanol–water partition coefficient (Wildman–Crippen LogP) is 4.38. The molecule has 5 heteroatoms. The Labute approximate surface area is 113 Å². The summed E-state index contributed by atoms with van der Waals surface area (Å²) in [4.78, 5) is 0. The van der Waals surface area contributed by atoms with Gasteiger partial charge in [0.25, 0.3) is 0 Å². The second-order valence-electron chi connectivity index (χ2n) is 3.92. The van der Waals surface area contributed by atoms with E-state index in [1.807, 2.05) is 24.3 Å². The minimum atomic E-state index is 0.445. The van der Waals surface area contributed by atoms with E-state index in [4.69, 9.17) is 33.5 Å². The van der Waals surface area contributed by atoms with Gasteiger partial charge in [-0.3, -0.25) is 0 Å². The first-order valence-electron chi connectivity index (χ1n) is 5.25. The number of hydrogen-bond donors (Lipinski definition) is 1. The van der Waals surface area contributed by atoms with Gasteiger partial charge in [-0.15, -0.1) is 0 Å². The molecule has 3 nitrogen and oxygen atoms in total. The maximum atomic E-state index is 6.05. The molecule has 3 aromatic rings. The van der Waals surface area contributed by atoms with Gasteiger partial charge in [0, 0.05) is 16.3 Å². The molecule has 1 aromatic heterocycles. The Bertz CT molecular complexity index is 737. The average molecular weight is 279 g/mol. The molecule has 0 spiro atoms. The monoisotopic (exact) mass is 278 g/mol. The van der Waals surface area contributed by atoms with Crippen LogP contribution in [0.5, 0.6) is 0 Å². The van der Waals surface area contributed by atoms with E-state index in [0.29, 0.717) is 27.0 Å². The van der Waals surface area contributed by atoms with Crippen LogP contribution in [-0.4, -0.2) is 5.16 Å². The van der Waals surface area contributed by atoms with E-state index in [2.05, 4.69) is 5.16 Å². The third kappa shape index (κ3) is 1.82. The van der Waals surface area contributed by atoms with Crippen LogP contribution in [0.4, 0.5) is 5.69 Å². The smallest absolute Gasteiger partial charge is 0.186 e. The lowest BCUT2D eigenvalue weighted by atomic mass is 10.1. The zero-order chi connectivity index (χ0) is 12.7. The predicted molar refractivity (Wildman–Crippen MR) is 73.9 cm³/mol. The molecule has 0 unspecified atom stereocenters. The van der Waals surface area contributed by atoms with Gasteiger partial charge in [0.05, 0.1) is 10.4 Å². The number of nitrogen functional groups attached to an aromatic ring is 1. The molecule has 3 rings (SSSR count). The maximum Gasteiger partial charge on any atom is 0.186 e. The fraction of sp³-hybridized carbons (Fsp3) is 0. The molecule has 18 heavy (non-hydrogen) atoms. The van der Waals surface area contributed by atoms with E-state index in [9.17, 15) is 0 Å². The van der Waals surface area contributed by atoms with E-state index in [0.717, 1.165) is 10.9 Å². The molecule has 2 aromatic carbocycles. The molecule has 90 valence electrons. The number of nitrogens with zero attached hydrogens (tertiary/aromatic N) is 1. The number of rotatable bonds is 1. The van der Waals surface area contributed by atoms with Gasteiger partial charge in [0.2, 0.25) is 0 Å². The number of halogens is 2. The first-order chi connectivity index (χ1) is 8.65. The van der Waals surface area contributed by atoms with Gasteiger partial charge in [-0.05, 0) is 24.3 Å². The number of nitrogens with two attached hydrogens (primary N) is 1. The van der Waals surface area contributed by atoms with Crippen LogP contribution in [0, 0.1) is 0 Å². The van der Waals surface area contributed by atoms with Crippen LogP contribution < -0.4 is 5.73 Å². The number of anilines is 1. The summed E-state index contributed by atoms with van der Waals surface area (Å²) in [6, 6.07) is 10.8. The van der Waals surface area contributed by atoms with Crippen molar-refractivity contribution < 1.29 is 4.52 Å². The van der Waals surface area contributed by atoms with Crippen LogP contribution in [0.1, 0.15) is 0 Å². The van der Waals surface area contributed by atoms with Gasteiger partial charge in [-0.1, -0.05) is 40.5 Å². The summed E-state index contributed by atoms with van der Waals surface area (Å²) in [5.41, 5.74) is 8.50. The molecular weight excluding hydrogens is 271 g/mol. The van der Waals surface area contributed by atoms with Crippen molar-refractivity contribution in [1.29, 1.82) is 0 Å². The third-order valence-electron chi connectivity index (χ3n) is 2.65. The first-order valence-corrected chi connectivity index (χ1v) is 6.01. The zero-order valence-electron chi connectivity index (χ0n) is 9.15. The number of benzene rings is 2. The summed E-state index contributed by atoms with van der Waals surface area (Å²) in [6.07, 6.45) is 0. The van der Waals surface area contributed by atoms with E-state index >= 15 is 0 Å². The zero-order valence-corrected chi connectivity index (χ0v) is 10.7.